The Bertz CT molecular complexity index is 228. The minimum atomic E-state index is -0.239. The molecule has 0 bridgehead atoms. The third-order valence-electron chi connectivity index (χ3n) is 1.61. The summed E-state index contributed by atoms with van der Waals surface area (Å²) in [6.07, 6.45) is 0.513. The molecule has 1 aromatic carbocycles. The molecule has 0 aliphatic carbocycles. The van der Waals surface area contributed by atoms with Crippen LogP contribution in [-0.2, 0) is 6.42 Å². The molecule has 0 aromatic heterocycles. The first kappa shape index (κ1) is 8.28. The van der Waals surface area contributed by atoms with Gasteiger partial charge in [0.15, 0.2) is 0 Å². The quantitative estimate of drug-likeness (QED) is 0.683. The number of aryl methyl sites for hydroxylation is 1. The molecule has 0 radical (unpaired) electrons. The highest BCUT2D eigenvalue weighted by molar-refractivity contribution is 5.22. The average molecular weight is 150 g/mol. The number of rotatable bonds is 2. The molecule has 60 valence electrons. The summed E-state index contributed by atoms with van der Waals surface area (Å²) in [5.74, 6) is 0. The van der Waals surface area contributed by atoms with E-state index in [4.69, 9.17) is 5.11 Å². The van der Waals surface area contributed by atoms with Crippen molar-refractivity contribution in [3.63, 3.8) is 0 Å². The van der Waals surface area contributed by atoms with Crippen LogP contribution in [0.15, 0.2) is 24.3 Å². The molecule has 0 spiro atoms. The largest absolute Gasteiger partial charge is 0.393 e. The lowest BCUT2D eigenvalue weighted by molar-refractivity contribution is 0.195. The van der Waals surface area contributed by atoms with Crippen molar-refractivity contribution in [2.24, 2.45) is 0 Å². The Kier molecular flexibility index (Phi) is 2.66. The summed E-state index contributed by atoms with van der Waals surface area (Å²) in [6, 6.07) is 8.23. The third kappa shape index (κ3) is 2.72. The van der Waals surface area contributed by atoms with E-state index in [1.807, 2.05) is 19.1 Å². The summed E-state index contributed by atoms with van der Waals surface area (Å²) in [5.41, 5.74) is 2.46. The van der Waals surface area contributed by atoms with Crippen LogP contribution in [0.3, 0.4) is 0 Å². The van der Waals surface area contributed by atoms with Gasteiger partial charge in [-0.3, -0.25) is 0 Å². The van der Waals surface area contributed by atoms with E-state index in [9.17, 15) is 0 Å². The minimum absolute atomic E-state index is 0.239. The molecular weight excluding hydrogens is 136 g/mol. The summed E-state index contributed by atoms with van der Waals surface area (Å²) in [4.78, 5) is 0. The topological polar surface area (TPSA) is 20.2 Å². The van der Waals surface area contributed by atoms with Gasteiger partial charge in [0, 0.05) is 0 Å². The summed E-state index contributed by atoms with van der Waals surface area (Å²) in [5, 5.41) is 9.10. The maximum atomic E-state index is 9.10. The maximum absolute atomic E-state index is 9.10. The van der Waals surface area contributed by atoms with Crippen LogP contribution >= 0.6 is 0 Å². The molecule has 0 saturated carbocycles. The lowest BCUT2D eigenvalue weighted by atomic mass is 10.1. The van der Waals surface area contributed by atoms with Gasteiger partial charge in [-0.15, -0.1) is 0 Å². The molecule has 1 atom stereocenters. The van der Waals surface area contributed by atoms with Gasteiger partial charge in [-0.1, -0.05) is 29.8 Å². The zero-order chi connectivity index (χ0) is 8.27. The second-order valence-electron chi connectivity index (χ2n) is 3.04. The van der Waals surface area contributed by atoms with Crippen LogP contribution in [0, 0.1) is 6.92 Å². The lowest BCUT2D eigenvalue weighted by Gasteiger charge is -2.04. The van der Waals surface area contributed by atoms with E-state index in [2.05, 4.69) is 19.1 Å². The highest BCUT2D eigenvalue weighted by atomic mass is 16.3. The van der Waals surface area contributed by atoms with Crippen LogP contribution in [0.4, 0.5) is 0 Å². The Labute approximate surface area is 67.7 Å². The van der Waals surface area contributed by atoms with Gasteiger partial charge < -0.3 is 5.11 Å². The molecule has 0 aliphatic rings. The molecule has 0 fully saturated rings. The van der Waals surface area contributed by atoms with Crippen LogP contribution in [0.5, 0.6) is 0 Å². The van der Waals surface area contributed by atoms with Gasteiger partial charge in [0.25, 0.3) is 0 Å². The van der Waals surface area contributed by atoms with Crippen LogP contribution in [0.25, 0.3) is 0 Å². The summed E-state index contributed by atoms with van der Waals surface area (Å²) in [7, 11) is 0. The van der Waals surface area contributed by atoms with Crippen molar-refractivity contribution >= 4 is 0 Å². The number of aliphatic hydroxyl groups excluding tert-OH is 1. The first-order valence-electron chi connectivity index (χ1n) is 3.92. The fourth-order valence-corrected chi connectivity index (χ4v) is 1.18. The smallest absolute Gasteiger partial charge is 0.0552 e. The molecule has 1 nitrogen and oxygen atoms in total. The molecule has 0 aliphatic heterocycles. The van der Waals surface area contributed by atoms with Crippen molar-refractivity contribution in [1.82, 2.24) is 0 Å². The van der Waals surface area contributed by atoms with Crippen molar-refractivity contribution in [3.05, 3.63) is 35.4 Å². The first-order valence-corrected chi connectivity index (χ1v) is 3.92. The lowest BCUT2D eigenvalue weighted by Crippen LogP contribution is -2.03. The predicted molar refractivity (Wildman–Crippen MR) is 46.6 cm³/mol. The Balaban J connectivity index is 2.71. The van der Waals surface area contributed by atoms with Gasteiger partial charge >= 0.3 is 0 Å². The summed E-state index contributed by atoms with van der Waals surface area (Å²) in [6.45, 7) is 3.87. The number of hydrogen-bond acceptors (Lipinski definition) is 1. The second-order valence-corrected chi connectivity index (χ2v) is 3.04. The minimum Gasteiger partial charge on any atom is -0.393 e. The Morgan fingerprint density at radius 2 is 2.18 bits per heavy atom. The molecule has 1 rings (SSSR count). The molecule has 0 saturated heterocycles. The fraction of sp³-hybridized carbons (Fsp3) is 0.400. The monoisotopic (exact) mass is 150 g/mol. The highest BCUT2D eigenvalue weighted by Gasteiger charge is 1.97. The maximum Gasteiger partial charge on any atom is 0.0552 e. The van der Waals surface area contributed by atoms with Crippen LogP contribution < -0.4 is 0 Å². The van der Waals surface area contributed by atoms with Gasteiger partial charge in [0.1, 0.15) is 0 Å². The van der Waals surface area contributed by atoms with E-state index in [0.717, 1.165) is 6.42 Å². The first-order chi connectivity index (χ1) is 5.18. The average Bonchev–Trinajstić information content (AvgIpc) is 1.85. The number of benzene rings is 1. The van der Waals surface area contributed by atoms with Gasteiger partial charge in [-0.2, -0.15) is 0 Å². The zero-order valence-electron chi connectivity index (χ0n) is 7.04. The van der Waals surface area contributed by atoms with Crippen LogP contribution in [0.1, 0.15) is 18.1 Å². The highest BCUT2D eigenvalue weighted by Crippen LogP contribution is 2.06. The Morgan fingerprint density at radius 1 is 1.45 bits per heavy atom. The number of hydrogen-bond donors (Lipinski definition) is 1. The van der Waals surface area contributed by atoms with E-state index in [-0.39, 0.29) is 6.10 Å². The normalized spacial score (nSPS) is 13.0. The SMILES string of the molecule is Cc1cccc(C[C@H](C)O)c1. The standard InChI is InChI=1S/C10H14O/c1-8-4-3-5-10(6-8)7-9(2)11/h3-6,9,11H,7H2,1-2H3/t9-/m0/s1. The predicted octanol–water partition coefficient (Wildman–Crippen LogP) is 1.92. The molecule has 11 heavy (non-hydrogen) atoms. The molecule has 1 aromatic rings. The molecule has 0 amide bonds. The molecule has 1 heteroatoms. The summed E-state index contributed by atoms with van der Waals surface area (Å²) < 4.78 is 0. The van der Waals surface area contributed by atoms with E-state index in [0.29, 0.717) is 0 Å². The van der Waals surface area contributed by atoms with Crippen molar-refractivity contribution in [3.8, 4) is 0 Å². The van der Waals surface area contributed by atoms with E-state index in [1.54, 1.807) is 0 Å². The Hall–Kier alpha value is -0.820. The van der Waals surface area contributed by atoms with Crippen molar-refractivity contribution in [2.45, 2.75) is 26.4 Å². The van der Waals surface area contributed by atoms with Gasteiger partial charge in [-0.05, 0) is 25.8 Å². The molecule has 1 N–H and O–H groups in total. The van der Waals surface area contributed by atoms with Crippen molar-refractivity contribution in [1.29, 1.82) is 0 Å². The van der Waals surface area contributed by atoms with Crippen LogP contribution in [0.2, 0.25) is 0 Å². The second kappa shape index (κ2) is 3.54. The summed E-state index contributed by atoms with van der Waals surface area (Å²) >= 11 is 0. The molecular formula is C10H14O. The Morgan fingerprint density at radius 3 is 2.73 bits per heavy atom. The third-order valence-corrected chi connectivity index (χ3v) is 1.61. The van der Waals surface area contributed by atoms with Gasteiger partial charge in [0.2, 0.25) is 0 Å². The van der Waals surface area contributed by atoms with Gasteiger partial charge in [-0.25, -0.2) is 0 Å². The van der Waals surface area contributed by atoms with Crippen molar-refractivity contribution in [2.75, 3.05) is 0 Å². The number of aliphatic hydroxyl groups is 1. The van der Waals surface area contributed by atoms with Crippen molar-refractivity contribution < 1.29 is 5.11 Å². The van der Waals surface area contributed by atoms with Gasteiger partial charge in [0.05, 0.1) is 6.10 Å². The van der Waals surface area contributed by atoms with Crippen LogP contribution in [-0.4, -0.2) is 11.2 Å². The van der Waals surface area contributed by atoms with E-state index < -0.39 is 0 Å². The molecule has 0 heterocycles. The zero-order valence-corrected chi connectivity index (χ0v) is 7.04. The fourth-order valence-electron chi connectivity index (χ4n) is 1.18. The molecule has 0 unspecified atom stereocenters. The van der Waals surface area contributed by atoms with E-state index in [1.165, 1.54) is 11.1 Å². The van der Waals surface area contributed by atoms with E-state index >= 15 is 0 Å².